The third kappa shape index (κ3) is 3.11. The third-order valence-corrected chi connectivity index (χ3v) is 3.50. The Morgan fingerprint density at radius 1 is 1.00 bits per heavy atom. The Balaban J connectivity index is 1.77. The van der Waals surface area contributed by atoms with E-state index in [-0.39, 0.29) is 18.0 Å². The molecule has 1 aliphatic rings. The summed E-state index contributed by atoms with van der Waals surface area (Å²) in [4.78, 5) is 23.6. The smallest absolute Gasteiger partial charge is 0.336 e. The van der Waals surface area contributed by atoms with E-state index < -0.39 is 5.97 Å². The van der Waals surface area contributed by atoms with Gasteiger partial charge in [0.05, 0.1) is 11.1 Å². The van der Waals surface area contributed by atoms with E-state index in [1.165, 1.54) is 6.07 Å². The van der Waals surface area contributed by atoms with Gasteiger partial charge in [-0.15, -0.1) is 0 Å². The number of carboxylic acids is 1. The van der Waals surface area contributed by atoms with Crippen molar-refractivity contribution >= 4 is 11.9 Å². The lowest BCUT2D eigenvalue weighted by molar-refractivity contribution is 0.0694. The van der Waals surface area contributed by atoms with Crippen molar-refractivity contribution < 1.29 is 24.2 Å². The number of hydrogen-bond donors (Lipinski definition) is 2. The maximum Gasteiger partial charge on any atom is 0.336 e. The summed E-state index contributed by atoms with van der Waals surface area (Å²) in [7, 11) is 0. The molecule has 0 atom stereocenters. The van der Waals surface area contributed by atoms with Crippen LogP contribution in [0.4, 0.5) is 0 Å². The zero-order valence-corrected chi connectivity index (χ0v) is 12.2. The van der Waals surface area contributed by atoms with Crippen molar-refractivity contribution in [2.45, 2.75) is 6.54 Å². The molecule has 2 N–H and O–H groups in total. The van der Waals surface area contributed by atoms with Crippen molar-refractivity contribution in [3.63, 3.8) is 0 Å². The Labute approximate surface area is 132 Å². The van der Waals surface area contributed by atoms with Crippen LogP contribution in [0, 0.1) is 0 Å². The van der Waals surface area contributed by atoms with Crippen LogP contribution < -0.4 is 14.8 Å². The first-order valence-electron chi connectivity index (χ1n) is 7.15. The zero-order chi connectivity index (χ0) is 16.2. The summed E-state index contributed by atoms with van der Waals surface area (Å²) in [5.41, 5.74) is 1.08. The molecule has 1 aliphatic heterocycles. The number of carboxylic acid groups (broad SMARTS) is 1. The minimum atomic E-state index is -1.02. The SMILES string of the molecule is O=C(O)c1ccccc1CNC(=O)c1cccc2c1OCCO2. The van der Waals surface area contributed by atoms with Gasteiger partial charge in [0.25, 0.3) is 5.91 Å². The fourth-order valence-corrected chi connectivity index (χ4v) is 2.41. The average molecular weight is 313 g/mol. The van der Waals surface area contributed by atoms with Gasteiger partial charge in [-0.25, -0.2) is 4.79 Å². The number of para-hydroxylation sites is 1. The number of amides is 1. The van der Waals surface area contributed by atoms with E-state index >= 15 is 0 Å². The summed E-state index contributed by atoms with van der Waals surface area (Å²) in [6.07, 6.45) is 0. The highest BCUT2D eigenvalue weighted by Gasteiger charge is 2.20. The Hall–Kier alpha value is -3.02. The van der Waals surface area contributed by atoms with Gasteiger partial charge in [-0.3, -0.25) is 4.79 Å². The molecular formula is C17H15NO5. The van der Waals surface area contributed by atoms with Crippen LogP contribution in [0.1, 0.15) is 26.3 Å². The second-order valence-corrected chi connectivity index (χ2v) is 4.97. The standard InChI is InChI=1S/C17H15NO5/c19-16(13-6-3-7-14-15(13)23-9-8-22-14)18-10-11-4-1-2-5-12(11)17(20)21/h1-7H,8-10H2,(H,18,19)(H,20,21). The molecule has 0 saturated carbocycles. The van der Waals surface area contributed by atoms with Crippen molar-refractivity contribution in [3.8, 4) is 11.5 Å². The van der Waals surface area contributed by atoms with Crippen LogP contribution in [-0.2, 0) is 6.54 Å². The molecule has 0 unspecified atom stereocenters. The molecule has 118 valence electrons. The van der Waals surface area contributed by atoms with E-state index in [2.05, 4.69) is 5.32 Å². The van der Waals surface area contributed by atoms with E-state index in [0.29, 0.717) is 35.8 Å². The molecule has 0 radical (unpaired) electrons. The highest BCUT2D eigenvalue weighted by atomic mass is 16.6. The Morgan fingerprint density at radius 3 is 2.57 bits per heavy atom. The van der Waals surface area contributed by atoms with Crippen molar-refractivity contribution in [2.75, 3.05) is 13.2 Å². The van der Waals surface area contributed by atoms with Crippen LogP contribution in [0.15, 0.2) is 42.5 Å². The van der Waals surface area contributed by atoms with E-state index in [4.69, 9.17) is 14.6 Å². The molecule has 0 saturated heterocycles. The number of hydrogen-bond acceptors (Lipinski definition) is 4. The largest absolute Gasteiger partial charge is 0.486 e. The quantitative estimate of drug-likeness (QED) is 0.903. The molecule has 6 nitrogen and oxygen atoms in total. The summed E-state index contributed by atoms with van der Waals surface area (Å²) < 4.78 is 11.0. The maximum absolute atomic E-state index is 12.4. The van der Waals surface area contributed by atoms with Gasteiger partial charge >= 0.3 is 5.97 Å². The van der Waals surface area contributed by atoms with Crippen molar-refractivity contribution in [2.24, 2.45) is 0 Å². The second-order valence-electron chi connectivity index (χ2n) is 4.97. The highest BCUT2D eigenvalue weighted by molar-refractivity contribution is 5.98. The van der Waals surface area contributed by atoms with Gasteiger partial charge < -0.3 is 19.9 Å². The number of nitrogens with one attached hydrogen (secondary N) is 1. The van der Waals surface area contributed by atoms with E-state index in [1.54, 1.807) is 36.4 Å². The van der Waals surface area contributed by atoms with Gasteiger partial charge in [0.2, 0.25) is 0 Å². The molecule has 2 aromatic rings. The fourth-order valence-electron chi connectivity index (χ4n) is 2.41. The van der Waals surface area contributed by atoms with Gasteiger partial charge in [-0.1, -0.05) is 24.3 Å². The molecule has 0 aliphatic carbocycles. The normalized spacial score (nSPS) is 12.5. The average Bonchev–Trinajstić information content (AvgIpc) is 2.59. The van der Waals surface area contributed by atoms with E-state index in [9.17, 15) is 9.59 Å². The topological polar surface area (TPSA) is 84.9 Å². The van der Waals surface area contributed by atoms with E-state index in [0.717, 1.165) is 0 Å². The molecule has 3 rings (SSSR count). The number of benzene rings is 2. The van der Waals surface area contributed by atoms with Crippen LogP contribution in [0.2, 0.25) is 0 Å². The first-order valence-corrected chi connectivity index (χ1v) is 7.15. The zero-order valence-electron chi connectivity index (χ0n) is 12.2. The first-order chi connectivity index (χ1) is 11.2. The minimum absolute atomic E-state index is 0.117. The summed E-state index contributed by atoms with van der Waals surface area (Å²) >= 11 is 0. The second kappa shape index (κ2) is 6.39. The third-order valence-electron chi connectivity index (χ3n) is 3.50. The lowest BCUT2D eigenvalue weighted by atomic mass is 10.1. The Bertz CT molecular complexity index is 756. The molecule has 2 aromatic carbocycles. The fraction of sp³-hybridized carbons (Fsp3) is 0.176. The maximum atomic E-state index is 12.4. The van der Waals surface area contributed by atoms with Crippen LogP contribution in [0.25, 0.3) is 0 Å². The Morgan fingerprint density at radius 2 is 1.74 bits per heavy atom. The summed E-state index contributed by atoms with van der Waals surface area (Å²) in [5, 5.41) is 11.9. The molecular weight excluding hydrogens is 298 g/mol. The predicted octanol–water partition coefficient (Wildman–Crippen LogP) is 2.09. The van der Waals surface area contributed by atoms with Crippen molar-refractivity contribution in [1.29, 1.82) is 0 Å². The van der Waals surface area contributed by atoms with Crippen molar-refractivity contribution in [1.82, 2.24) is 5.32 Å². The van der Waals surface area contributed by atoms with Gasteiger partial charge in [-0.2, -0.15) is 0 Å². The highest BCUT2D eigenvalue weighted by Crippen LogP contribution is 2.33. The van der Waals surface area contributed by atoms with Crippen LogP contribution in [0.3, 0.4) is 0 Å². The molecule has 1 amide bonds. The van der Waals surface area contributed by atoms with Gasteiger partial charge in [0.15, 0.2) is 11.5 Å². The number of carbonyl (C=O) groups excluding carboxylic acids is 1. The molecule has 0 spiro atoms. The number of carbonyl (C=O) groups is 2. The number of fused-ring (bicyclic) bond motifs is 1. The van der Waals surface area contributed by atoms with Crippen LogP contribution in [-0.4, -0.2) is 30.2 Å². The van der Waals surface area contributed by atoms with Crippen molar-refractivity contribution in [3.05, 3.63) is 59.2 Å². The minimum Gasteiger partial charge on any atom is -0.486 e. The summed E-state index contributed by atoms with van der Waals surface area (Å²) in [6, 6.07) is 11.7. The number of aromatic carboxylic acids is 1. The molecule has 6 heteroatoms. The lowest BCUT2D eigenvalue weighted by Gasteiger charge is -2.20. The number of rotatable bonds is 4. The molecule has 23 heavy (non-hydrogen) atoms. The lowest BCUT2D eigenvalue weighted by Crippen LogP contribution is -2.26. The number of ether oxygens (including phenoxy) is 2. The van der Waals surface area contributed by atoms with E-state index in [1.807, 2.05) is 0 Å². The van der Waals surface area contributed by atoms with Crippen LogP contribution >= 0.6 is 0 Å². The summed E-state index contributed by atoms with van der Waals surface area (Å²) in [6.45, 7) is 0.953. The van der Waals surface area contributed by atoms with Gasteiger partial charge in [-0.05, 0) is 23.8 Å². The monoisotopic (exact) mass is 313 g/mol. The Kier molecular flexibility index (Phi) is 4.14. The molecule has 0 aromatic heterocycles. The summed E-state index contributed by atoms with van der Waals surface area (Å²) in [5.74, 6) is -0.408. The van der Waals surface area contributed by atoms with Gasteiger partial charge in [0.1, 0.15) is 13.2 Å². The molecule has 1 heterocycles. The van der Waals surface area contributed by atoms with Crippen LogP contribution in [0.5, 0.6) is 11.5 Å². The van der Waals surface area contributed by atoms with Gasteiger partial charge in [0, 0.05) is 6.54 Å². The molecule has 0 bridgehead atoms. The molecule has 0 fully saturated rings. The first kappa shape index (κ1) is 14.9. The predicted molar refractivity (Wildman–Crippen MR) is 82.0 cm³/mol.